The molecule has 5 heteroatoms. The van der Waals surface area contributed by atoms with E-state index in [1.54, 1.807) is 13.2 Å². The Bertz CT molecular complexity index is 925. The summed E-state index contributed by atoms with van der Waals surface area (Å²) in [7, 11) is 1.62. The standard InChI is InChI=1S/C21H21NO4/c1-24-19-11-10-14(12-20(19)26-15-6-2-3-7-15)22-21(23)17-13-25-18-9-5-4-8-16(17)18/h4-5,8-13,15H,2-3,6-7H2,1H3,(H,22,23). The molecule has 0 spiro atoms. The monoisotopic (exact) mass is 351 g/mol. The molecule has 1 saturated carbocycles. The van der Waals surface area contributed by atoms with Crippen molar-refractivity contribution < 1.29 is 18.7 Å². The van der Waals surface area contributed by atoms with Crippen molar-refractivity contribution in [1.82, 2.24) is 0 Å². The Morgan fingerprint density at radius 2 is 1.92 bits per heavy atom. The van der Waals surface area contributed by atoms with Crippen LogP contribution in [0.1, 0.15) is 36.0 Å². The zero-order chi connectivity index (χ0) is 17.9. The van der Waals surface area contributed by atoms with Gasteiger partial charge in [0.15, 0.2) is 11.5 Å². The van der Waals surface area contributed by atoms with E-state index in [1.807, 2.05) is 36.4 Å². The molecule has 0 aliphatic heterocycles. The maximum atomic E-state index is 12.7. The van der Waals surface area contributed by atoms with E-state index in [1.165, 1.54) is 19.1 Å². The minimum Gasteiger partial charge on any atom is -0.493 e. The lowest BCUT2D eigenvalue weighted by molar-refractivity contribution is 0.102. The molecule has 1 aliphatic rings. The molecule has 26 heavy (non-hydrogen) atoms. The molecule has 0 saturated heterocycles. The summed E-state index contributed by atoms with van der Waals surface area (Å²) in [4.78, 5) is 12.7. The summed E-state index contributed by atoms with van der Waals surface area (Å²) in [6, 6.07) is 12.9. The van der Waals surface area contributed by atoms with Crippen LogP contribution in [0.3, 0.4) is 0 Å². The smallest absolute Gasteiger partial charge is 0.259 e. The fourth-order valence-corrected chi connectivity index (χ4v) is 3.38. The van der Waals surface area contributed by atoms with Gasteiger partial charge in [0, 0.05) is 17.1 Å². The predicted octanol–water partition coefficient (Wildman–Crippen LogP) is 5.02. The van der Waals surface area contributed by atoms with E-state index >= 15 is 0 Å². The number of nitrogens with one attached hydrogen (secondary N) is 1. The van der Waals surface area contributed by atoms with Gasteiger partial charge < -0.3 is 19.2 Å². The van der Waals surface area contributed by atoms with Crippen LogP contribution in [0.15, 0.2) is 53.1 Å². The first-order valence-corrected chi connectivity index (χ1v) is 8.87. The fourth-order valence-electron chi connectivity index (χ4n) is 3.38. The van der Waals surface area contributed by atoms with Crippen LogP contribution in [0.2, 0.25) is 0 Å². The van der Waals surface area contributed by atoms with E-state index in [0.717, 1.165) is 18.2 Å². The van der Waals surface area contributed by atoms with E-state index in [-0.39, 0.29) is 12.0 Å². The van der Waals surface area contributed by atoms with E-state index < -0.39 is 0 Å². The Kier molecular flexibility index (Phi) is 4.52. The number of anilines is 1. The average Bonchev–Trinajstić information content (AvgIpc) is 3.31. The van der Waals surface area contributed by atoms with Crippen LogP contribution < -0.4 is 14.8 Å². The van der Waals surface area contributed by atoms with Gasteiger partial charge >= 0.3 is 0 Å². The Morgan fingerprint density at radius 3 is 2.73 bits per heavy atom. The molecule has 5 nitrogen and oxygen atoms in total. The topological polar surface area (TPSA) is 60.7 Å². The highest BCUT2D eigenvalue weighted by molar-refractivity contribution is 6.12. The second kappa shape index (κ2) is 7.12. The van der Waals surface area contributed by atoms with Crippen molar-refractivity contribution in [3.05, 3.63) is 54.3 Å². The van der Waals surface area contributed by atoms with Gasteiger partial charge in [0.25, 0.3) is 5.91 Å². The Balaban J connectivity index is 1.56. The number of carbonyl (C=O) groups is 1. The summed E-state index contributed by atoms with van der Waals surface area (Å²) in [6.45, 7) is 0. The van der Waals surface area contributed by atoms with E-state index in [4.69, 9.17) is 13.9 Å². The number of methoxy groups -OCH3 is 1. The minimum absolute atomic E-state index is 0.215. The summed E-state index contributed by atoms with van der Waals surface area (Å²) >= 11 is 0. The number of amides is 1. The summed E-state index contributed by atoms with van der Waals surface area (Å²) in [5.41, 5.74) is 1.86. The average molecular weight is 351 g/mol. The van der Waals surface area contributed by atoms with Gasteiger partial charge in [-0.3, -0.25) is 4.79 Å². The summed E-state index contributed by atoms with van der Waals surface area (Å²) < 4.78 is 16.9. The van der Waals surface area contributed by atoms with Crippen molar-refractivity contribution in [3.8, 4) is 11.5 Å². The van der Waals surface area contributed by atoms with Gasteiger partial charge in [-0.2, -0.15) is 0 Å². The molecule has 1 aliphatic carbocycles. The first-order chi connectivity index (χ1) is 12.7. The van der Waals surface area contributed by atoms with Crippen LogP contribution in [0.5, 0.6) is 11.5 Å². The van der Waals surface area contributed by atoms with Crippen LogP contribution in [-0.4, -0.2) is 19.1 Å². The number of rotatable bonds is 5. The molecule has 0 radical (unpaired) electrons. The van der Waals surface area contributed by atoms with Crippen LogP contribution in [0.25, 0.3) is 11.0 Å². The minimum atomic E-state index is -0.216. The number of carbonyl (C=O) groups excluding carboxylic acids is 1. The highest BCUT2D eigenvalue weighted by Crippen LogP contribution is 2.34. The molecule has 1 fully saturated rings. The zero-order valence-corrected chi connectivity index (χ0v) is 14.7. The third kappa shape index (κ3) is 3.25. The zero-order valence-electron chi connectivity index (χ0n) is 14.7. The molecular weight excluding hydrogens is 330 g/mol. The van der Waals surface area contributed by atoms with Gasteiger partial charge in [-0.05, 0) is 43.9 Å². The van der Waals surface area contributed by atoms with Gasteiger partial charge in [0.2, 0.25) is 0 Å². The molecule has 1 N–H and O–H groups in total. The van der Waals surface area contributed by atoms with Crippen LogP contribution in [0, 0.1) is 0 Å². The second-order valence-corrected chi connectivity index (χ2v) is 6.49. The summed E-state index contributed by atoms with van der Waals surface area (Å²) in [5, 5.41) is 3.71. The van der Waals surface area contributed by atoms with E-state index in [0.29, 0.717) is 28.3 Å². The summed E-state index contributed by atoms with van der Waals surface area (Å²) in [6.07, 6.45) is 6.20. The van der Waals surface area contributed by atoms with Gasteiger partial charge in [-0.15, -0.1) is 0 Å². The van der Waals surface area contributed by atoms with Crippen LogP contribution >= 0.6 is 0 Å². The Labute approximate surface area is 151 Å². The van der Waals surface area contributed by atoms with Crippen molar-refractivity contribution in [2.45, 2.75) is 31.8 Å². The molecule has 1 aromatic heterocycles. The number of hydrogen-bond donors (Lipinski definition) is 1. The quantitative estimate of drug-likeness (QED) is 0.701. The highest BCUT2D eigenvalue weighted by atomic mass is 16.5. The van der Waals surface area contributed by atoms with Crippen molar-refractivity contribution in [2.24, 2.45) is 0 Å². The molecular formula is C21H21NO4. The van der Waals surface area contributed by atoms with Crippen molar-refractivity contribution in [3.63, 3.8) is 0 Å². The highest BCUT2D eigenvalue weighted by Gasteiger charge is 2.19. The number of hydrogen-bond acceptors (Lipinski definition) is 4. The molecule has 1 amide bonds. The lowest BCUT2D eigenvalue weighted by Crippen LogP contribution is -2.13. The van der Waals surface area contributed by atoms with Crippen molar-refractivity contribution >= 4 is 22.6 Å². The van der Waals surface area contributed by atoms with Gasteiger partial charge in [0.1, 0.15) is 11.8 Å². The molecule has 134 valence electrons. The Morgan fingerprint density at radius 1 is 1.12 bits per heavy atom. The maximum absolute atomic E-state index is 12.7. The predicted molar refractivity (Wildman–Crippen MR) is 100 cm³/mol. The van der Waals surface area contributed by atoms with Crippen molar-refractivity contribution in [2.75, 3.05) is 12.4 Å². The maximum Gasteiger partial charge on any atom is 0.259 e. The van der Waals surface area contributed by atoms with E-state index in [2.05, 4.69) is 5.32 Å². The molecule has 3 aromatic rings. The van der Waals surface area contributed by atoms with Gasteiger partial charge in [0.05, 0.1) is 18.8 Å². The number of fused-ring (bicyclic) bond motifs is 1. The summed E-state index contributed by atoms with van der Waals surface area (Å²) in [5.74, 6) is 1.12. The third-order valence-electron chi connectivity index (χ3n) is 4.74. The molecule has 1 heterocycles. The molecule has 0 unspecified atom stereocenters. The van der Waals surface area contributed by atoms with E-state index in [9.17, 15) is 4.79 Å². The number of benzene rings is 2. The van der Waals surface area contributed by atoms with Crippen molar-refractivity contribution in [1.29, 1.82) is 0 Å². The lowest BCUT2D eigenvalue weighted by atomic mass is 10.1. The van der Waals surface area contributed by atoms with Gasteiger partial charge in [-0.25, -0.2) is 0 Å². The largest absolute Gasteiger partial charge is 0.493 e. The van der Waals surface area contributed by atoms with Gasteiger partial charge in [-0.1, -0.05) is 18.2 Å². The fraction of sp³-hybridized carbons (Fsp3) is 0.286. The van der Waals surface area contributed by atoms with Crippen LogP contribution in [-0.2, 0) is 0 Å². The normalized spacial score (nSPS) is 14.5. The second-order valence-electron chi connectivity index (χ2n) is 6.49. The molecule has 4 rings (SSSR count). The third-order valence-corrected chi connectivity index (χ3v) is 4.74. The first-order valence-electron chi connectivity index (χ1n) is 8.87. The molecule has 0 bridgehead atoms. The Hall–Kier alpha value is -2.95. The molecule has 2 aromatic carbocycles. The first kappa shape index (κ1) is 16.5. The number of ether oxygens (including phenoxy) is 2. The number of furan rings is 1. The molecule has 0 atom stereocenters. The lowest BCUT2D eigenvalue weighted by Gasteiger charge is -2.17. The van der Waals surface area contributed by atoms with Crippen LogP contribution in [0.4, 0.5) is 5.69 Å². The SMILES string of the molecule is COc1ccc(NC(=O)c2coc3ccccc23)cc1OC1CCCC1. The number of para-hydroxylation sites is 1.